The normalized spacial score (nSPS) is 18.7. The Morgan fingerprint density at radius 2 is 1.81 bits per heavy atom. The van der Waals surface area contributed by atoms with E-state index in [4.69, 9.17) is 28.9 Å². The summed E-state index contributed by atoms with van der Waals surface area (Å²) in [5.74, 6) is 0.341. The summed E-state index contributed by atoms with van der Waals surface area (Å²) < 4.78 is 0. The van der Waals surface area contributed by atoms with Crippen molar-refractivity contribution in [3.8, 4) is 0 Å². The van der Waals surface area contributed by atoms with Gasteiger partial charge in [-0.25, -0.2) is 0 Å². The van der Waals surface area contributed by atoms with Crippen LogP contribution in [0, 0.1) is 0 Å². The summed E-state index contributed by atoms with van der Waals surface area (Å²) in [7, 11) is 3.54. The Hall–Kier alpha value is -1.26. The molecule has 2 aromatic carbocycles. The highest BCUT2D eigenvalue weighted by atomic mass is 35.5. The zero-order valence-corrected chi connectivity index (χ0v) is 17.2. The fourth-order valence-corrected chi connectivity index (χ4v) is 3.74. The molecule has 0 heterocycles. The van der Waals surface area contributed by atoms with Gasteiger partial charge in [0.25, 0.3) is 0 Å². The summed E-state index contributed by atoms with van der Waals surface area (Å²) in [6.45, 7) is 0. The summed E-state index contributed by atoms with van der Waals surface area (Å²) in [5, 5.41) is 1.14. The molecule has 2 aromatic rings. The molecule has 2 atom stereocenters. The van der Waals surface area contributed by atoms with Gasteiger partial charge in [-0.05, 0) is 47.2 Å². The maximum Gasteiger partial charge on any atom is 0.226 e. The second-order valence-electron chi connectivity index (χ2n) is 6.84. The van der Waals surface area contributed by atoms with E-state index in [0.29, 0.717) is 16.5 Å². The van der Waals surface area contributed by atoms with Crippen molar-refractivity contribution in [1.82, 2.24) is 4.90 Å². The van der Waals surface area contributed by atoms with Gasteiger partial charge in [-0.15, -0.1) is 12.4 Å². The van der Waals surface area contributed by atoms with Gasteiger partial charge in [0.15, 0.2) is 0 Å². The number of carbonyl (C=O) groups excluding carboxylic acids is 1. The van der Waals surface area contributed by atoms with Gasteiger partial charge in [-0.2, -0.15) is 0 Å². The van der Waals surface area contributed by atoms with Crippen LogP contribution in [0.2, 0.25) is 10.0 Å². The number of hydrogen-bond donors (Lipinski definition) is 1. The first kappa shape index (κ1) is 21.0. The van der Waals surface area contributed by atoms with Crippen molar-refractivity contribution < 1.29 is 4.79 Å². The van der Waals surface area contributed by atoms with Gasteiger partial charge in [0.1, 0.15) is 0 Å². The topological polar surface area (TPSA) is 46.3 Å². The second-order valence-corrected chi connectivity index (χ2v) is 7.65. The molecule has 6 heteroatoms. The number of benzene rings is 2. The minimum absolute atomic E-state index is 0. The van der Waals surface area contributed by atoms with Gasteiger partial charge in [-0.3, -0.25) is 4.79 Å². The van der Waals surface area contributed by atoms with E-state index in [-0.39, 0.29) is 30.3 Å². The molecule has 1 aliphatic rings. The van der Waals surface area contributed by atoms with E-state index in [1.807, 2.05) is 24.3 Å². The van der Waals surface area contributed by atoms with Crippen molar-refractivity contribution in [2.24, 2.45) is 5.73 Å². The van der Waals surface area contributed by atoms with Crippen molar-refractivity contribution >= 4 is 41.5 Å². The van der Waals surface area contributed by atoms with E-state index in [1.165, 1.54) is 5.56 Å². The maximum atomic E-state index is 12.0. The van der Waals surface area contributed by atoms with Gasteiger partial charge in [0, 0.05) is 26.1 Å². The van der Waals surface area contributed by atoms with Gasteiger partial charge in [-0.1, -0.05) is 47.5 Å². The molecule has 0 aliphatic heterocycles. The van der Waals surface area contributed by atoms with E-state index in [0.717, 1.165) is 29.5 Å². The van der Waals surface area contributed by atoms with Crippen molar-refractivity contribution in [2.45, 2.75) is 31.2 Å². The Morgan fingerprint density at radius 3 is 2.46 bits per heavy atom. The first-order valence-electron chi connectivity index (χ1n) is 8.40. The SMILES string of the molecule is CN(C)C(=O)Cc1ccc2c(c1)C(N)CC[C@H]2c1ccc(Cl)c(Cl)c1.Cl. The molecule has 1 amide bonds. The monoisotopic (exact) mass is 412 g/mol. The minimum Gasteiger partial charge on any atom is -0.349 e. The Labute approximate surface area is 170 Å². The Balaban J connectivity index is 0.00000243. The number of nitrogens with zero attached hydrogens (tertiary/aromatic N) is 1. The molecule has 140 valence electrons. The molecule has 0 fully saturated rings. The first-order chi connectivity index (χ1) is 11.9. The highest BCUT2D eigenvalue weighted by Gasteiger charge is 2.27. The lowest BCUT2D eigenvalue weighted by Crippen LogP contribution is -2.24. The lowest BCUT2D eigenvalue weighted by molar-refractivity contribution is -0.127. The second kappa shape index (κ2) is 8.62. The molecular formula is C20H23Cl3N2O. The van der Waals surface area contributed by atoms with E-state index in [1.54, 1.807) is 19.0 Å². The quantitative estimate of drug-likeness (QED) is 0.772. The third kappa shape index (κ3) is 4.34. The zero-order valence-electron chi connectivity index (χ0n) is 14.8. The number of halogens is 3. The van der Waals surface area contributed by atoms with Crippen LogP contribution in [-0.4, -0.2) is 24.9 Å². The van der Waals surface area contributed by atoms with E-state index >= 15 is 0 Å². The molecule has 2 N–H and O–H groups in total. The van der Waals surface area contributed by atoms with Crippen LogP contribution in [0.25, 0.3) is 0 Å². The highest BCUT2D eigenvalue weighted by Crippen LogP contribution is 2.42. The Bertz CT molecular complexity index is 808. The molecule has 26 heavy (non-hydrogen) atoms. The number of fused-ring (bicyclic) bond motifs is 1. The number of hydrogen-bond acceptors (Lipinski definition) is 2. The third-order valence-corrected chi connectivity index (χ3v) is 5.63. The number of likely N-dealkylation sites (N-methyl/N-ethyl adjacent to an activating group) is 1. The number of rotatable bonds is 3. The zero-order chi connectivity index (χ0) is 18.1. The van der Waals surface area contributed by atoms with Crippen LogP contribution in [0.5, 0.6) is 0 Å². The number of amides is 1. The summed E-state index contributed by atoms with van der Waals surface area (Å²) in [4.78, 5) is 13.6. The van der Waals surface area contributed by atoms with Crippen LogP contribution in [0.4, 0.5) is 0 Å². The molecule has 0 aromatic heterocycles. The molecular weight excluding hydrogens is 391 g/mol. The van der Waals surface area contributed by atoms with Gasteiger partial charge in [0.05, 0.1) is 16.5 Å². The van der Waals surface area contributed by atoms with E-state index in [2.05, 4.69) is 12.1 Å². The molecule has 0 saturated carbocycles. The van der Waals surface area contributed by atoms with Crippen LogP contribution >= 0.6 is 35.6 Å². The third-order valence-electron chi connectivity index (χ3n) is 4.89. The maximum absolute atomic E-state index is 12.0. The number of carbonyl (C=O) groups is 1. The largest absolute Gasteiger partial charge is 0.349 e. The van der Waals surface area contributed by atoms with Crippen LogP contribution < -0.4 is 5.73 Å². The summed E-state index contributed by atoms with van der Waals surface area (Å²) in [6, 6.07) is 12.1. The van der Waals surface area contributed by atoms with Crippen LogP contribution in [0.3, 0.4) is 0 Å². The fourth-order valence-electron chi connectivity index (χ4n) is 3.44. The Kier molecular flexibility index (Phi) is 6.98. The minimum atomic E-state index is 0. The predicted molar refractivity (Wildman–Crippen MR) is 111 cm³/mol. The summed E-state index contributed by atoms with van der Waals surface area (Å²) >= 11 is 12.3. The van der Waals surface area contributed by atoms with Crippen molar-refractivity contribution in [2.75, 3.05) is 14.1 Å². The molecule has 1 aliphatic carbocycles. The number of nitrogens with two attached hydrogens (primary N) is 1. The molecule has 0 saturated heterocycles. The van der Waals surface area contributed by atoms with Gasteiger partial charge in [0.2, 0.25) is 5.91 Å². The van der Waals surface area contributed by atoms with E-state index in [9.17, 15) is 4.79 Å². The van der Waals surface area contributed by atoms with Gasteiger partial charge < -0.3 is 10.6 Å². The first-order valence-corrected chi connectivity index (χ1v) is 9.16. The molecule has 0 bridgehead atoms. The Morgan fingerprint density at radius 1 is 1.08 bits per heavy atom. The average molecular weight is 414 g/mol. The summed E-state index contributed by atoms with van der Waals surface area (Å²) in [6.07, 6.45) is 2.27. The van der Waals surface area contributed by atoms with Crippen molar-refractivity contribution in [1.29, 1.82) is 0 Å². The van der Waals surface area contributed by atoms with Crippen LogP contribution in [0.15, 0.2) is 36.4 Å². The molecule has 3 nitrogen and oxygen atoms in total. The van der Waals surface area contributed by atoms with E-state index < -0.39 is 0 Å². The van der Waals surface area contributed by atoms with Crippen LogP contribution in [0.1, 0.15) is 47.1 Å². The lowest BCUT2D eigenvalue weighted by Gasteiger charge is -2.30. The van der Waals surface area contributed by atoms with Crippen molar-refractivity contribution in [3.05, 3.63) is 68.7 Å². The molecule has 0 radical (unpaired) electrons. The highest BCUT2D eigenvalue weighted by molar-refractivity contribution is 6.42. The lowest BCUT2D eigenvalue weighted by atomic mass is 9.76. The average Bonchev–Trinajstić information content (AvgIpc) is 2.58. The smallest absolute Gasteiger partial charge is 0.226 e. The van der Waals surface area contributed by atoms with Crippen molar-refractivity contribution in [3.63, 3.8) is 0 Å². The van der Waals surface area contributed by atoms with Gasteiger partial charge >= 0.3 is 0 Å². The molecule has 0 spiro atoms. The molecule has 3 rings (SSSR count). The standard InChI is InChI=1S/C20H22Cl2N2O.ClH/c1-24(2)20(25)10-12-3-5-15-14(6-8-19(23)16(15)9-12)13-4-7-17(21)18(22)11-13;/h3-5,7,9,11,14,19H,6,8,10,23H2,1-2H3;1H/t14-,19?;/m0./s1. The summed E-state index contributed by atoms with van der Waals surface area (Å²) in [5.41, 5.74) is 10.9. The van der Waals surface area contributed by atoms with Crippen LogP contribution in [-0.2, 0) is 11.2 Å². The predicted octanol–water partition coefficient (Wildman–Crippen LogP) is 4.97. The molecule has 1 unspecified atom stereocenters. The fraction of sp³-hybridized carbons (Fsp3) is 0.350.